The second-order valence-electron chi connectivity index (χ2n) is 4.77. The first kappa shape index (κ1) is 9.97. The first-order valence-corrected chi connectivity index (χ1v) is 5.82. The molecule has 0 spiro atoms. The fraction of sp³-hybridized carbons (Fsp3) is 0.538. The molecule has 84 valence electrons. The average molecular weight is 217 g/mol. The van der Waals surface area contributed by atoms with Crippen molar-refractivity contribution in [2.24, 2.45) is 0 Å². The highest BCUT2D eigenvalue weighted by Crippen LogP contribution is 2.41. The summed E-state index contributed by atoms with van der Waals surface area (Å²) in [6.45, 7) is 3.63. The van der Waals surface area contributed by atoms with Crippen molar-refractivity contribution in [3.05, 3.63) is 28.6 Å². The first-order chi connectivity index (χ1) is 7.65. The van der Waals surface area contributed by atoms with E-state index in [9.17, 15) is 4.79 Å². The van der Waals surface area contributed by atoms with Gasteiger partial charge in [-0.15, -0.1) is 0 Å². The average Bonchev–Trinajstić information content (AvgIpc) is 2.63. The minimum atomic E-state index is 0.0334. The van der Waals surface area contributed by atoms with Gasteiger partial charge in [-0.2, -0.15) is 0 Å². The summed E-state index contributed by atoms with van der Waals surface area (Å²) < 4.78 is 5.84. The molecule has 3 heteroatoms. The number of rotatable bonds is 1. The summed E-state index contributed by atoms with van der Waals surface area (Å²) in [5, 5.41) is 0. The number of ether oxygens (including phenoxy) is 1. The lowest BCUT2D eigenvalue weighted by atomic mass is 9.97. The lowest BCUT2D eigenvalue weighted by molar-refractivity contribution is 0.0291. The Labute approximate surface area is 94.8 Å². The molecule has 2 aliphatic rings. The Hall–Kier alpha value is -1.22. The molecule has 0 amide bonds. The lowest BCUT2D eigenvalue weighted by Gasteiger charge is -2.24. The largest absolute Gasteiger partial charge is 0.368 e. The highest BCUT2D eigenvalue weighted by Gasteiger charge is 2.35. The molecule has 0 aromatic carbocycles. The summed E-state index contributed by atoms with van der Waals surface area (Å²) in [4.78, 5) is 15.9. The van der Waals surface area contributed by atoms with Crippen molar-refractivity contribution in [1.29, 1.82) is 0 Å². The molecule has 0 aliphatic carbocycles. The predicted molar refractivity (Wildman–Crippen MR) is 59.5 cm³/mol. The fourth-order valence-electron chi connectivity index (χ4n) is 2.72. The Kier molecular flexibility index (Phi) is 2.11. The third-order valence-corrected chi connectivity index (χ3v) is 3.58. The van der Waals surface area contributed by atoms with E-state index in [4.69, 9.17) is 4.74 Å². The molecule has 0 N–H and O–H groups in total. The van der Waals surface area contributed by atoms with Gasteiger partial charge in [0.05, 0.1) is 11.8 Å². The summed E-state index contributed by atoms with van der Waals surface area (Å²) in [6, 6.07) is 1.91. The van der Waals surface area contributed by atoms with Crippen LogP contribution in [0.5, 0.6) is 0 Å². The predicted octanol–water partition coefficient (Wildman–Crippen LogP) is 2.37. The highest BCUT2D eigenvalue weighted by atomic mass is 16.5. The maximum absolute atomic E-state index is 11.4. The topological polar surface area (TPSA) is 39.2 Å². The molecule has 3 nitrogen and oxygen atoms in total. The van der Waals surface area contributed by atoms with E-state index in [1.807, 2.05) is 6.07 Å². The molecule has 16 heavy (non-hydrogen) atoms. The van der Waals surface area contributed by atoms with Crippen LogP contribution in [-0.2, 0) is 11.2 Å². The molecular weight excluding hydrogens is 202 g/mol. The van der Waals surface area contributed by atoms with Crippen LogP contribution in [0.15, 0.2) is 6.07 Å². The Morgan fingerprint density at radius 3 is 3.06 bits per heavy atom. The molecule has 0 radical (unpaired) electrons. The summed E-state index contributed by atoms with van der Waals surface area (Å²) in [5.41, 5.74) is 4.09. The fourth-order valence-corrected chi connectivity index (χ4v) is 2.72. The number of fused-ring (bicyclic) bond motifs is 4. The zero-order valence-electron chi connectivity index (χ0n) is 9.62. The van der Waals surface area contributed by atoms with Crippen molar-refractivity contribution >= 4 is 5.78 Å². The Morgan fingerprint density at radius 1 is 1.50 bits per heavy atom. The smallest absolute Gasteiger partial charge is 0.178 e. The van der Waals surface area contributed by atoms with Crippen LogP contribution in [0.3, 0.4) is 0 Å². The van der Waals surface area contributed by atoms with E-state index >= 15 is 0 Å². The Bertz CT molecular complexity index is 467. The van der Waals surface area contributed by atoms with Crippen LogP contribution < -0.4 is 0 Å². The van der Waals surface area contributed by atoms with Crippen LogP contribution in [0.1, 0.15) is 53.2 Å². The normalized spacial score (nSPS) is 26.6. The van der Waals surface area contributed by atoms with Gasteiger partial charge in [-0.05, 0) is 37.0 Å². The van der Waals surface area contributed by atoms with E-state index in [0.29, 0.717) is 11.8 Å². The van der Waals surface area contributed by atoms with Gasteiger partial charge in [0.15, 0.2) is 5.78 Å². The number of hydrogen-bond donors (Lipinski definition) is 0. The van der Waals surface area contributed by atoms with Crippen molar-refractivity contribution < 1.29 is 9.53 Å². The second kappa shape index (κ2) is 3.39. The van der Waals surface area contributed by atoms with Crippen LogP contribution >= 0.6 is 0 Å². The van der Waals surface area contributed by atoms with Gasteiger partial charge in [-0.3, -0.25) is 4.79 Å². The van der Waals surface area contributed by atoms with Gasteiger partial charge in [0.1, 0.15) is 11.8 Å². The molecule has 2 atom stereocenters. The molecule has 1 fully saturated rings. The van der Waals surface area contributed by atoms with Crippen LogP contribution in [0.4, 0.5) is 0 Å². The SMILES string of the molecule is CC(=O)c1cc(C)c2c(n1)C1CCC(C2)O1. The van der Waals surface area contributed by atoms with Gasteiger partial charge >= 0.3 is 0 Å². The van der Waals surface area contributed by atoms with E-state index in [2.05, 4.69) is 11.9 Å². The molecule has 2 unspecified atom stereocenters. The van der Waals surface area contributed by atoms with E-state index in [1.54, 1.807) is 6.92 Å². The third-order valence-electron chi connectivity index (χ3n) is 3.58. The quantitative estimate of drug-likeness (QED) is 0.678. The minimum absolute atomic E-state index is 0.0334. The van der Waals surface area contributed by atoms with Gasteiger partial charge in [-0.1, -0.05) is 0 Å². The molecule has 1 aromatic rings. The van der Waals surface area contributed by atoms with Crippen LogP contribution in [0.25, 0.3) is 0 Å². The highest BCUT2D eigenvalue weighted by molar-refractivity contribution is 5.92. The first-order valence-electron chi connectivity index (χ1n) is 5.82. The molecule has 3 heterocycles. The number of ketones is 1. The number of aryl methyl sites for hydroxylation is 1. The van der Waals surface area contributed by atoms with E-state index < -0.39 is 0 Å². The molecule has 1 saturated heterocycles. The summed E-state index contributed by atoms with van der Waals surface area (Å²) in [7, 11) is 0. The van der Waals surface area contributed by atoms with Gasteiger partial charge in [-0.25, -0.2) is 4.98 Å². The summed E-state index contributed by atoms with van der Waals surface area (Å²) in [6.07, 6.45) is 3.64. The standard InChI is InChI=1S/C13H15NO2/c1-7-5-11(8(2)15)14-13-10(7)6-9-3-4-12(13)16-9/h5,9,12H,3-4,6H2,1-2H3. The van der Waals surface area contributed by atoms with Gasteiger partial charge in [0.25, 0.3) is 0 Å². The number of Topliss-reactive ketones (excluding diaryl/α,β-unsaturated/α-hetero) is 1. The number of aromatic nitrogens is 1. The van der Waals surface area contributed by atoms with Crippen LogP contribution in [0.2, 0.25) is 0 Å². The molecular formula is C13H15NO2. The van der Waals surface area contributed by atoms with Crippen LogP contribution in [-0.4, -0.2) is 16.9 Å². The van der Waals surface area contributed by atoms with E-state index in [1.165, 1.54) is 11.1 Å². The van der Waals surface area contributed by atoms with E-state index in [0.717, 1.165) is 25.0 Å². The zero-order chi connectivity index (χ0) is 11.3. The van der Waals surface area contributed by atoms with Crippen LogP contribution in [0, 0.1) is 6.92 Å². The molecule has 2 bridgehead atoms. The van der Waals surface area contributed by atoms with Crippen molar-refractivity contribution in [3.63, 3.8) is 0 Å². The molecule has 2 aliphatic heterocycles. The second-order valence-corrected chi connectivity index (χ2v) is 4.77. The number of carbonyl (C=O) groups is 1. The summed E-state index contributed by atoms with van der Waals surface area (Å²) >= 11 is 0. The van der Waals surface area contributed by atoms with Gasteiger partial charge in [0, 0.05) is 13.3 Å². The monoisotopic (exact) mass is 217 g/mol. The molecule has 0 saturated carbocycles. The minimum Gasteiger partial charge on any atom is -0.368 e. The Balaban J connectivity index is 2.15. The van der Waals surface area contributed by atoms with Crippen molar-refractivity contribution in [2.45, 2.75) is 45.3 Å². The number of carbonyl (C=O) groups excluding carboxylic acids is 1. The van der Waals surface area contributed by atoms with Gasteiger partial charge in [0.2, 0.25) is 0 Å². The van der Waals surface area contributed by atoms with Crippen molar-refractivity contribution in [1.82, 2.24) is 4.98 Å². The maximum Gasteiger partial charge on any atom is 0.178 e. The third kappa shape index (κ3) is 1.39. The zero-order valence-corrected chi connectivity index (χ0v) is 9.62. The number of nitrogens with zero attached hydrogens (tertiary/aromatic N) is 1. The lowest BCUT2D eigenvalue weighted by Crippen LogP contribution is -2.21. The number of pyridine rings is 1. The Morgan fingerprint density at radius 2 is 2.31 bits per heavy atom. The maximum atomic E-state index is 11.4. The summed E-state index contributed by atoms with van der Waals surface area (Å²) in [5.74, 6) is 0.0334. The van der Waals surface area contributed by atoms with E-state index in [-0.39, 0.29) is 11.9 Å². The van der Waals surface area contributed by atoms with Crippen molar-refractivity contribution in [3.8, 4) is 0 Å². The number of hydrogen-bond acceptors (Lipinski definition) is 3. The molecule has 3 rings (SSSR count). The van der Waals surface area contributed by atoms with Crippen molar-refractivity contribution in [2.75, 3.05) is 0 Å². The van der Waals surface area contributed by atoms with Gasteiger partial charge < -0.3 is 4.74 Å². The molecule has 1 aromatic heterocycles.